The molecule has 120 valence electrons. The Morgan fingerprint density at radius 3 is 2.65 bits per heavy atom. The van der Waals surface area contributed by atoms with Crippen LogP contribution >= 0.6 is 0 Å². The van der Waals surface area contributed by atoms with Crippen molar-refractivity contribution in [3.8, 4) is 0 Å². The number of sulfonamides is 1. The van der Waals surface area contributed by atoms with E-state index in [1.807, 2.05) is 19.1 Å². The standard InChI is InChI=1S/C16H16N2O4S/c1-12-9-10-13-5-2-3-8-16(13)17(12)23(21,22)15-7-4-6-14(11-15)18(19)20/h2-8,11-12H,9-10H2,1H3. The normalized spacial score (nSPS) is 17.6. The first kappa shape index (κ1) is 15.5. The molecule has 0 aliphatic carbocycles. The summed E-state index contributed by atoms with van der Waals surface area (Å²) in [4.78, 5) is 10.3. The summed E-state index contributed by atoms with van der Waals surface area (Å²) < 4.78 is 27.5. The third-order valence-electron chi connectivity index (χ3n) is 4.05. The largest absolute Gasteiger partial charge is 0.270 e. The second-order valence-corrected chi connectivity index (χ2v) is 7.39. The highest BCUT2D eigenvalue weighted by Gasteiger charge is 2.34. The number of para-hydroxylation sites is 1. The molecule has 3 rings (SSSR count). The van der Waals surface area contributed by atoms with E-state index in [2.05, 4.69) is 0 Å². The Kier molecular flexibility index (Phi) is 3.81. The van der Waals surface area contributed by atoms with Gasteiger partial charge in [-0.25, -0.2) is 8.42 Å². The van der Waals surface area contributed by atoms with Crippen LogP contribution in [-0.2, 0) is 16.4 Å². The maximum absolute atomic E-state index is 13.0. The van der Waals surface area contributed by atoms with Crippen molar-refractivity contribution >= 4 is 21.4 Å². The lowest BCUT2D eigenvalue weighted by Crippen LogP contribution is -2.42. The van der Waals surface area contributed by atoms with E-state index in [9.17, 15) is 18.5 Å². The van der Waals surface area contributed by atoms with Crippen molar-refractivity contribution in [2.24, 2.45) is 0 Å². The molecule has 0 saturated carbocycles. The highest BCUT2D eigenvalue weighted by atomic mass is 32.2. The predicted octanol–water partition coefficient (Wildman–Crippen LogP) is 3.12. The van der Waals surface area contributed by atoms with E-state index in [-0.39, 0.29) is 16.6 Å². The van der Waals surface area contributed by atoms with Crippen molar-refractivity contribution in [2.75, 3.05) is 4.31 Å². The van der Waals surface area contributed by atoms with E-state index in [1.165, 1.54) is 22.5 Å². The number of hydrogen-bond donors (Lipinski definition) is 0. The highest BCUT2D eigenvalue weighted by molar-refractivity contribution is 7.92. The summed E-state index contributed by atoms with van der Waals surface area (Å²) in [6.45, 7) is 1.85. The van der Waals surface area contributed by atoms with Crippen LogP contribution in [0.4, 0.5) is 11.4 Å². The Balaban J connectivity index is 2.13. The van der Waals surface area contributed by atoms with E-state index >= 15 is 0 Å². The maximum atomic E-state index is 13.0. The molecule has 0 aromatic heterocycles. The fraction of sp³-hybridized carbons (Fsp3) is 0.250. The van der Waals surface area contributed by atoms with Gasteiger partial charge >= 0.3 is 0 Å². The topological polar surface area (TPSA) is 80.5 Å². The van der Waals surface area contributed by atoms with Crippen molar-refractivity contribution in [2.45, 2.75) is 30.7 Å². The first-order valence-corrected chi connectivity index (χ1v) is 8.72. The molecule has 1 atom stereocenters. The smallest absolute Gasteiger partial charge is 0.263 e. The molecule has 1 unspecified atom stereocenters. The SMILES string of the molecule is CC1CCc2ccccc2N1S(=O)(=O)c1cccc([N+](=O)[O-])c1. The van der Waals surface area contributed by atoms with Crippen LogP contribution in [0.1, 0.15) is 18.9 Å². The van der Waals surface area contributed by atoms with Gasteiger partial charge in [-0.05, 0) is 37.5 Å². The van der Waals surface area contributed by atoms with Gasteiger partial charge < -0.3 is 0 Å². The lowest BCUT2D eigenvalue weighted by molar-refractivity contribution is -0.385. The number of nitrogens with zero attached hydrogens (tertiary/aromatic N) is 2. The number of aryl methyl sites for hydroxylation is 1. The molecule has 0 spiro atoms. The van der Waals surface area contributed by atoms with E-state index in [0.29, 0.717) is 12.1 Å². The second-order valence-electron chi connectivity index (χ2n) is 5.57. The van der Waals surface area contributed by atoms with Gasteiger partial charge in [-0.1, -0.05) is 24.3 Å². The van der Waals surface area contributed by atoms with E-state index < -0.39 is 14.9 Å². The lowest BCUT2D eigenvalue weighted by atomic mass is 9.99. The summed E-state index contributed by atoms with van der Waals surface area (Å²) in [6.07, 6.45) is 1.53. The molecule has 2 aromatic carbocycles. The molecular weight excluding hydrogens is 316 g/mol. The Labute approximate surface area is 134 Å². The van der Waals surface area contributed by atoms with Crippen molar-refractivity contribution in [1.29, 1.82) is 0 Å². The summed E-state index contributed by atoms with van der Waals surface area (Å²) >= 11 is 0. The molecule has 0 radical (unpaired) electrons. The number of fused-ring (bicyclic) bond motifs is 1. The van der Waals surface area contributed by atoms with E-state index in [1.54, 1.807) is 12.1 Å². The summed E-state index contributed by atoms with van der Waals surface area (Å²) in [5.41, 5.74) is 1.39. The Morgan fingerprint density at radius 2 is 1.91 bits per heavy atom. The van der Waals surface area contributed by atoms with Gasteiger partial charge in [0.05, 0.1) is 15.5 Å². The minimum atomic E-state index is -3.85. The minimum absolute atomic E-state index is 0.0600. The van der Waals surface area contributed by atoms with Gasteiger partial charge in [0, 0.05) is 18.2 Å². The summed E-state index contributed by atoms with van der Waals surface area (Å²) in [6, 6.07) is 12.4. The minimum Gasteiger partial charge on any atom is -0.263 e. The van der Waals surface area contributed by atoms with Gasteiger partial charge in [-0.3, -0.25) is 14.4 Å². The van der Waals surface area contributed by atoms with Gasteiger partial charge in [-0.15, -0.1) is 0 Å². The van der Waals surface area contributed by atoms with Crippen molar-refractivity contribution in [3.05, 3.63) is 64.2 Å². The van der Waals surface area contributed by atoms with Gasteiger partial charge in [0.25, 0.3) is 15.7 Å². The number of nitro benzene ring substituents is 1. The number of nitro groups is 1. The van der Waals surface area contributed by atoms with Crippen LogP contribution in [-0.4, -0.2) is 19.4 Å². The number of benzene rings is 2. The summed E-state index contributed by atoms with van der Waals surface area (Å²) in [5, 5.41) is 10.9. The van der Waals surface area contributed by atoms with Crippen molar-refractivity contribution < 1.29 is 13.3 Å². The van der Waals surface area contributed by atoms with Crippen LogP contribution in [0, 0.1) is 10.1 Å². The zero-order chi connectivity index (χ0) is 16.6. The Hall–Kier alpha value is -2.41. The zero-order valence-electron chi connectivity index (χ0n) is 12.5. The molecule has 0 N–H and O–H groups in total. The molecule has 6 nitrogen and oxygen atoms in total. The first-order valence-electron chi connectivity index (χ1n) is 7.28. The van der Waals surface area contributed by atoms with Crippen LogP contribution < -0.4 is 4.31 Å². The van der Waals surface area contributed by atoms with Crippen molar-refractivity contribution in [3.63, 3.8) is 0 Å². The molecule has 1 heterocycles. The molecule has 0 fully saturated rings. The maximum Gasteiger partial charge on any atom is 0.270 e. The number of hydrogen-bond acceptors (Lipinski definition) is 4. The van der Waals surface area contributed by atoms with E-state index in [0.717, 1.165) is 18.1 Å². The molecule has 23 heavy (non-hydrogen) atoms. The van der Waals surface area contributed by atoms with Gasteiger partial charge in [0.2, 0.25) is 0 Å². The third-order valence-corrected chi connectivity index (χ3v) is 5.97. The number of anilines is 1. The Morgan fingerprint density at radius 1 is 1.17 bits per heavy atom. The Bertz CT molecular complexity index is 864. The van der Waals surface area contributed by atoms with Crippen LogP contribution in [0.2, 0.25) is 0 Å². The van der Waals surface area contributed by atoms with Gasteiger partial charge in [-0.2, -0.15) is 0 Å². The summed E-state index contributed by atoms with van der Waals surface area (Å²) in [7, 11) is -3.85. The molecule has 0 bridgehead atoms. The number of non-ortho nitro benzene ring substituents is 1. The molecule has 0 saturated heterocycles. The quantitative estimate of drug-likeness (QED) is 0.639. The van der Waals surface area contributed by atoms with Gasteiger partial charge in [0.15, 0.2) is 0 Å². The average molecular weight is 332 g/mol. The second kappa shape index (κ2) is 5.66. The van der Waals surface area contributed by atoms with Crippen LogP contribution in [0.5, 0.6) is 0 Å². The van der Waals surface area contributed by atoms with E-state index in [4.69, 9.17) is 0 Å². The highest BCUT2D eigenvalue weighted by Crippen LogP contribution is 2.35. The molecule has 1 aliphatic rings. The predicted molar refractivity (Wildman–Crippen MR) is 87.0 cm³/mol. The molecule has 7 heteroatoms. The van der Waals surface area contributed by atoms with Crippen molar-refractivity contribution in [1.82, 2.24) is 0 Å². The lowest BCUT2D eigenvalue weighted by Gasteiger charge is -2.35. The van der Waals surface area contributed by atoms with Crippen LogP contribution in [0.25, 0.3) is 0 Å². The van der Waals surface area contributed by atoms with Crippen LogP contribution in [0.3, 0.4) is 0 Å². The molecule has 1 aliphatic heterocycles. The third kappa shape index (κ3) is 2.68. The first-order chi connectivity index (χ1) is 10.9. The fourth-order valence-electron chi connectivity index (χ4n) is 2.89. The molecule has 2 aromatic rings. The van der Waals surface area contributed by atoms with Crippen LogP contribution in [0.15, 0.2) is 53.4 Å². The fourth-order valence-corrected chi connectivity index (χ4v) is 4.66. The zero-order valence-corrected chi connectivity index (χ0v) is 13.4. The van der Waals surface area contributed by atoms with Gasteiger partial charge in [0.1, 0.15) is 0 Å². The molecular formula is C16H16N2O4S. The molecule has 0 amide bonds. The average Bonchev–Trinajstić information content (AvgIpc) is 2.54. The number of rotatable bonds is 3. The summed E-state index contributed by atoms with van der Waals surface area (Å²) in [5.74, 6) is 0. The monoisotopic (exact) mass is 332 g/mol.